The summed E-state index contributed by atoms with van der Waals surface area (Å²) in [6, 6.07) is 0. The second kappa shape index (κ2) is 4.15. The molecule has 5 nitrogen and oxygen atoms in total. The normalized spacial score (nSPS) is 40.3. The van der Waals surface area contributed by atoms with Crippen LogP contribution in [0.3, 0.4) is 0 Å². The van der Waals surface area contributed by atoms with Gasteiger partial charge in [0.15, 0.2) is 0 Å². The zero-order valence-electron chi connectivity index (χ0n) is 7.38. The number of ether oxygens (including phenoxy) is 1. The number of rotatable bonds is 2. The van der Waals surface area contributed by atoms with Crippen molar-refractivity contribution in [1.82, 2.24) is 0 Å². The molecule has 0 amide bonds. The highest BCUT2D eigenvalue weighted by Crippen LogP contribution is 2.17. The standard InChI is InChI=1S/C8H14O5/c1-4(9)2-6-8(12)7(11)5(10)3-13-6/h5-8,10-12H,2-3H2,1H3/t5-,6?,7+,8+/m1/s1. The lowest BCUT2D eigenvalue weighted by Crippen LogP contribution is -2.53. The van der Waals surface area contributed by atoms with Crippen molar-refractivity contribution in [1.29, 1.82) is 0 Å². The van der Waals surface area contributed by atoms with Crippen LogP contribution in [0.2, 0.25) is 0 Å². The molecule has 76 valence electrons. The van der Waals surface area contributed by atoms with E-state index >= 15 is 0 Å². The van der Waals surface area contributed by atoms with Crippen LogP contribution in [0.5, 0.6) is 0 Å². The topological polar surface area (TPSA) is 87.0 Å². The molecule has 0 saturated carbocycles. The van der Waals surface area contributed by atoms with Crippen molar-refractivity contribution in [2.24, 2.45) is 0 Å². The average Bonchev–Trinajstić information content (AvgIpc) is 2.06. The van der Waals surface area contributed by atoms with Crippen LogP contribution in [0.15, 0.2) is 0 Å². The van der Waals surface area contributed by atoms with Gasteiger partial charge in [0.05, 0.1) is 12.7 Å². The van der Waals surface area contributed by atoms with E-state index in [-0.39, 0.29) is 18.8 Å². The third-order valence-electron chi connectivity index (χ3n) is 2.09. The molecule has 5 heteroatoms. The van der Waals surface area contributed by atoms with Crippen molar-refractivity contribution < 1.29 is 24.9 Å². The first-order valence-electron chi connectivity index (χ1n) is 4.17. The van der Waals surface area contributed by atoms with Gasteiger partial charge in [-0.2, -0.15) is 0 Å². The quantitative estimate of drug-likeness (QED) is 0.490. The molecule has 0 aromatic carbocycles. The molecular formula is C8H14O5. The first-order valence-corrected chi connectivity index (χ1v) is 4.17. The van der Waals surface area contributed by atoms with Crippen molar-refractivity contribution in [2.45, 2.75) is 37.8 Å². The predicted molar refractivity (Wildman–Crippen MR) is 43.1 cm³/mol. The van der Waals surface area contributed by atoms with E-state index in [9.17, 15) is 15.0 Å². The first kappa shape index (κ1) is 10.6. The number of hydrogen-bond donors (Lipinski definition) is 3. The number of ketones is 1. The molecule has 1 fully saturated rings. The summed E-state index contributed by atoms with van der Waals surface area (Å²) < 4.78 is 5.00. The lowest BCUT2D eigenvalue weighted by molar-refractivity contribution is -0.188. The SMILES string of the molecule is CC(=O)CC1OC[C@@H](O)[C@H](O)[C@H]1O. The van der Waals surface area contributed by atoms with E-state index in [0.717, 1.165) is 0 Å². The minimum atomic E-state index is -1.22. The van der Waals surface area contributed by atoms with Gasteiger partial charge in [0.1, 0.15) is 24.1 Å². The van der Waals surface area contributed by atoms with E-state index in [1.54, 1.807) is 0 Å². The van der Waals surface area contributed by atoms with Crippen molar-refractivity contribution in [3.63, 3.8) is 0 Å². The maximum atomic E-state index is 10.7. The summed E-state index contributed by atoms with van der Waals surface area (Å²) >= 11 is 0. The van der Waals surface area contributed by atoms with Crippen molar-refractivity contribution in [3.05, 3.63) is 0 Å². The molecular weight excluding hydrogens is 176 g/mol. The fourth-order valence-corrected chi connectivity index (χ4v) is 1.33. The summed E-state index contributed by atoms with van der Waals surface area (Å²) in [5.41, 5.74) is 0. The van der Waals surface area contributed by atoms with E-state index in [1.165, 1.54) is 6.92 Å². The van der Waals surface area contributed by atoms with Gasteiger partial charge >= 0.3 is 0 Å². The molecule has 13 heavy (non-hydrogen) atoms. The van der Waals surface area contributed by atoms with E-state index in [0.29, 0.717) is 0 Å². The summed E-state index contributed by atoms with van der Waals surface area (Å²) in [5.74, 6) is -0.118. The van der Waals surface area contributed by atoms with E-state index in [1.807, 2.05) is 0 Å². The molecule has 3 N–H and O–H groups in total. The van der Waals surface area contributed by atoms with Crippen molar-refractivity contribution in [3.8, 4) is 0 Å². The minimum Gasteiger partial charge on any atom is -0.388 e. The second-order valence-electron chi connectivity index (χ2n) is 3.33. The maximum absolute atomic E-state index is 10.7. The Labute approximate surface area is 75.9 Å². The molecule has 0 radical (unpaired) electrons. The summed E-state index contributed by atoms with van der Waals surface area (Å²) in [7, 11) is 0. The van der Waals surface area contributed by atoms with Crippen LogP contribution in [0, 0.1) is 0 Å². The van der Waals surface area contributed by atoms with Crippen LogP contribution in [-0.2, 0) is 9.53 Å². The molecule has 1 heterocycles. The Morgan fingerprint density at radius 1 is 1.38 bits per heavy atom. The van der Waals surface area contributed by atoms with Crippen LogP contribution in [0.1, 0.15) is 13.3 Å². The minimum absolute atomic E-state index is 0.0455. The first-order chi connectivity index (χ1) is 6.02. The molecule has 0 aliphatic carbocycles. The Bertz CT molecular complexity index is 193. The average molecular weight is 190 g/mol. The summed E-state index contributed by atoms with van der Waals surface area (Å²) in [6.45, 7) is 1.34. The number of aliphatic hydroxyl groups is 3. The van der Waals surface area contributed by atoms with Crippen LogP contribution in [0.25, 0.3) is 0 Å². The molecule has 1 aliphatic rings. The number of carbonyl (C=O) groups is 1. The van der Waals surface area contributed by atoms with E-state index in [4.69, 9.17) is 9.84 Å². The molecule has 0 spiro atoms. The third kappa shape index (κ3) is 2.47. The smallest absolute Gasteiger partial charge is 0.132 e. The zero-order valence-corrected chi connectivity index (χ0v) is 7.38. The number of carbonyl (C=O) groups excluding carboxylic acids is 1. The van der Waals surface area contributed by atoms with Gasteiger partial charge in [-0.1, -0.05) is 0 Å². The Morgan fingerprint density at radius 3 is 2.54 bits per heavy atom. The van der Waals surface area contributed by atoms with Gasteiger partial charge in [-0.05, 0) is 6.92 Å². The Kier molecular flexibility index (Phi) is 3.38. The molecule has 0 aromatic rings. The number of Topliss-reactive ketones (excluding diaryl/α,β-unsaturated/α-hetero) is 1. The van der Waals surface area contributed by atoms with Gasteiger partial charge in [-0.25, -0.2) is 0 Å². The van der Waals surface area contributed by atoms with Crippen LogP contribution < -0.4 is 0 Å². The fraction of sp³-hybridized carbons (Fsp3) is 0.875. The fourth-order valence-electron chi connectivity index (χ4n) is 1.33. The van der Waals surface area contributed by atoms with Gasteiger partial charge in [0.2, 0.25) is 0 Å². The zero-order chi connectivity index (χ0) is 10.0. The number of hydrogen-bond acceptors (Lipinski definition) is 5. The van der Waals surface area contributed by atoms with E-state index < -0.39 is 24.4 Å². The van der Waals surface area contributed by atoms with Gasteiger partial charge in [0.25, 0.3) is 0 Å². The lowest BCUT2D eigenvalue weighted by atomic mass is 9.97. The molecule has 1 rings (SSSR count). The molecule has 1 saturated heterocycles. The predicted octanol–water partition coefficient (Wildman–Crippen LogP) is -1.55. The van der Waals surface area contributed by atoms with E-state index in [2.05, 4.69) is 0 Å². The maximum Gasteiger partial charge on any atom is 0.132 e. The summed E-state index contributed by atoms with van der Waals surface area (Å²) in [6.07, 6.45) is -4.12. The van der Waals surface area contributed by atoms with Gasteiger partial charge in [-0.3, -0.25) is 4.79 Å². The van der Waals surface area contributed by atoms with Crippen LogP contribution in [0.4, 0.5) is 0 Å². The second-order valence-corrected chi connectivity index (χ2v) is 3.33. The number of aliphatic hydroxyl groups excluding tert-OH is 3. The highest BCUT2D eigenvalue weighted by molar-refractivity contribution is 5.76. The van der Waals surface area contributed by atoms with Crippen LogP contribution >= 0.6 is 0 Å². The van der Waals surface area contributed by atoms with Gasteiger partial charge < -0.3 is 20.1 Å². The Hall–Kier alpha value is -0.490. The summed E-state index contributed by atoms with van der Waals surface area (Å²) in [5, 5.41) is 27.7. The highest BCUT2D eigenvalue weighted by Gasteiger charge is 2.37. The molecule has 4 atom stereocenters. The van der Waals surface area contributed by atoms with Gasteiger partial charge in [0, 0.05) is 6.42 Å². The van der Waals surface area contributed by atoms with Gasteiger partial charge in [-0.15, -0.1) is 0 Å². The molecule has 1 unspecified atom stereocenters. The Morgan fingerprint density at radius 2 is 2.00 bits per heavy atom. The van der Waals surface area contributed by atoms with Crippen LogP contribution in [-0.4, -0.2) is 52.1 Å². The van der Waals surface area contributed by atoms with Crippen molar-refractivity contribution >= 4 is 5.78 Å². The monoisotopic (exact) mass is 190 g/mol. The lowest BCUT2D eigenvalue weighted by Gasteiger charge is -2.34. The Balaban J connectivity index is 2.53. The molecule has 0 bridgehead atoms. The van der Waals surface area contributed by atoms with Crippen molar-refractivity contribution in [2.75, 3.05) is 6.61 Å². The molecule has 0 aromatic heterocycles. The third-order valence-corrected chi connectivity index (χ3v) is 2.09. The highest BCUT2D eigenvalue weighted by atomic mass is 16.5. The molecule has 1 aliphatic heterocycles. The summed E-state index contributed by atoms with van der Waals surface area (Å²) in [4.78, 5) is 10.7. The largest absolute Gasteiger partial charge is 0.388 e.